The first kappa shape index (κ1) is 14.9. The maximum Gasteiger partial charge on any atom is 0.324 e. The highest BCUT2D eigenvalue weighted by molar-refractivity contribution is 7.15. The molecule has 1 aromatic carbocycles. The van der Waals surface area contributed by atoms with Gasteiger partial charge in [-0.2, -0.15) is 0 Å². The van der Waals surface area contributed by atoms with Crippen molar-refractivity contribution in [2.45, 2.75) is 13.5 Å². The first-order valence-electron chi connectivity index (χ1n) is 6.00. The molecule has 21 heavy (non-hydrogen) atoms. The van der Waals surface area contributed by atoms with Gasteiger partial charge in [-0.25, -0.2) is 4.39 Å². The highest BCUT2D eigenvalue weighted by atomic mass is 32.1. The minimum absolute atomic E-state index is 0.0410. The van der Waals surface area contributed by atoms with Crippen LogP contribution in [0.15, 0.2) is 30.3 Å². The summed E-state index contributed by atoms with van der Waals surface area (Å²) in [6.07, 6.45) is 0. The Morgan fingerprint density at radius 1 is 1.38 bits per heavy atom. The van der Waals surface area contributed by atoms with E-state index in [1.807, 2.05) is 0 Å². The lowest BCUT2D eigenvalue weighted by molar-refractivity contribution is -0.380. The maximum atomic E-state index is 13.7. The number of rotatable bonds is 5. The summed E-state index contributed by atoms with van der Waals surface area (Å²) >= 11 is 1.03. The number of amides is 1. The molecule has 0 aliphatic heterocycles. The second-order valence-corrected chi connectivity index (χ2v) is 5.37. The van der Waals surface area contributed by atoms with Crippen LogP contribution in [0.25, 0.3) is 0 Å². The molecule has 2 rings (SSSR count). The number of nitro groups is 1. The Balaban J connectivity index is 2.07. The lowest BCUT2D eigenvalue weighted by Gasteiger charge is -2.09. The van der Waals surface area contributed by atoms with E-state index in [0.717, 1.165) is 11.3 Å². The molecule has 2 aromatic rings. The number of carbonyl (C=O) groups is 1. The van der Waals surface area contributed by atoms with Gasteiger partial charge >= 0.3 is 5.00 Å². The van der Waals surface area contributed by atoms with Crippen LogP contribution < -0.4 is 10.6 Å². The number of halogens is 1. The molecule has 0 fully saturated rings. The average molecular weight is 309 g/mol. The van der Waals surface area contributed by atoms with Crippen LogP contribution in [0.3, 0.4) is 0 Å². The summed E-state index contributed by atoms with van der Waals surface area (Å²) in [5, 5.41) is 16.0. The quantitative estimate of drug-likeness (QED) is 0.655. The Hall–Kier alpha value is -2.48. The van der Waals surface area contributed by atoms with Gasteiger partial charge in [0, 0.05) is 30.1 Å². The standard InChI is InChI=1S/C13H12FN3O3S/c1-8(18)16-9-2-4-11(14)12(6-9)15-7-10-3-5-13(21-10)17(19)20/h2-6,15H,7H2,1H3,(H,16,18). The third-order valence-corrected chi connectivity index (χ3v) is 3.60. The van der Waals surface area contributed by atoms with E-state index in [1.54, 1.807) is 6.07 Å². The van der Waals surface area contributed by atoms with Crippen molar-refractivity contribution in [2.24, 2.45) is 0 Å². The number of hydrogen-bond acceptors (Lipinski definition) is 5. The van der Waals surface area contributed by atoms with Gasteiger partial charge in [0.1, 0.15) is 5.82 Å². The molecule has 0 atom stereocenters. The Morgan fingerprint density at radius 3 is 2.76 bits per heavy atom. The second kappa shape index (κ2) is 6.31. The van der Waals surface area contributed by atoms with Crippen molar-refractivity contribution >= 4 is 33.6 Å². The zero-order valence-corrected chi connectivity index (χ0v) is 11.9. The third-order valence-electron chi connectivity index (χ3n) is 2.57. The zero-order chi connectivity index (χ0) is 15.4. The lowest BCUT2D eigenvalue weighted by Crippen LogP contribution is -2.07. The van der Waals surface area contributed by atoms with Crippen molar-refractivity contribution in [3.05, 3.63) is 51.1 Å². The Morgan fingerprint density at radius 2 is 2.14 bits per heavy atom. The van der Waals surface area contributed by atoms with Crippen molar-refractivity contribution in [3.8, 4) is 0 Å². The number of anilines is 2. The molecule has 1 amide bonds. The van der Waals surface area contributed by atoms with E-state index in [9.17, 15) is 19.3 Å². The van der Waals surface area contributed by atoms with Crippen LogP contribution in [0.5, 0.6) is 0 Å². The number of nitrogens with zero attached hydrogens (tertiary/aromatic N) is 1. The van der Waals surface area contributed by atoms with Gasteiger partial charge in [-0.3, -0.25) is 14.9 Å². The summed E-state index contributed by atoms with van der Waals surface area (Å²) in [6, 6.07) is 7.19. The number of thiophene rings is 1. The van der Waals surface area contributed by atoms with Gasteiger partial charge < -0.3 is 10.6 Å². The van der Waals surface area contributed by atoms with Crippen LogP contribution in [-0.4, -0.2) is 10.8 Å². The van der Waals surface area contributed by atoms with Gasteiger partial charge in [-0.05, 0) is 24.3 Å². The molecular weight excluding hydrogens is 297 g/mol. The summed E-state index contributed by atoms with van der Waals surface area (Å²) in [6.45, 7) is 1.63. The molecule has 1 heterocycles. The van der Waals surface area contributed by atoms with Gasteiger partial charge in [0.15, 0.2) is 0 Å². The molecule has 0 aliphatic carbocycles. The van der Waals surface area contributed by atoms with Crippen LogP contribution in [-0.2, 0) is 11.3 Å². The molecule has 2 N–H and O–H groups in total. The van der Waals surface area contributed by atoms with Crippen LogP contribution in [0, 0.1) is 15.9 Å². The van der Waals surface area contributed by atoms with Crippen LogP contribution in [0.2, 0.25) is 0 Å². The van der Waals surface area contributed by atoms with E-state index in [4.69, 9.17) is 0 Å². The zero-order valence-electron chi connectivity index (χ0n) is 11.1. The van der Waals surface area contributed by atoms with E-state index in [0.29, 0.717) is 10.6 Å². The fourth-order valence-electron chi connectivity index (χ4n) is 1.68. The molecule has 0 aliphatic rings. The number of benzene rings is 1. The topological polar surface area (TPSA) is 84.3 Å². The Kier molecular flexibility index (Phi) is 4.49. The largest absolute Gasteiger partial charge is 0.378 e. The van der Waals surface area contributed by atoms with E-state index in [2.05, 4.69) is 10.6 Å². The molecular formula is C13H12FN3O3S. The highest BCUT2D eigenvalue weighted by Crippen LogP contribution is 2.26. The third kappa shape index (κ3) is 3.99. The maximum absolute atomic E-state index is 13.7. The molecule has 0 spiro atoms. The molecule has 8 heteroatoms. The minimum Gasteiger partial charge on any atom is -0.378 e. The van der Waals surface area contributed by atoms with Crippen LogP contribution in [0.4, 0.5) is 20.8 Å². The molecule has 6 nitrogen and oxygen atoms in total. The molecule has 0 saturated heterocycles. The SMILES string of the molecule is CC(=O)Nc1ccc(F)c(NCc2ccc([N+](=O)[O-])s2)c1. The van der Waals surface area contributed by atoms with Crippen molar-refractivity contribution < 1.29 is 14.1 Å². The monoisotopic (exact) mass is 309 g/mol. The molecule has 0 saturated carbocycles. The summed E-state index contributed by atoms with van der Waals surface area (Å²) in [4.78, 5) is 21.8. The Bertz CT molecular complexity index is 687. The summed E-state index contributed by atoms with van der Waals surface area (Å²) in [5.74, 6) is -0.711. The number of carbonyl (C=O) groups excluding carboxylic acids is 1. The molecule has 0 radical (unpaired) electrons. The van der Waals surface area contributed by atoms with Crippen molar-refractivity contribution in [2.75, 3.05) is 10.6 Å². The predicted octanol–water partition coefficient (Wildman–Crippen LogP) is 3.37. The van der Waals surface area contributed by atoms with E-state index in [-0.39, 0.29) is 23.1 Å². The van der Waals surface area contributed by atoms with E-state index < -0.39 is 10.7 Å². The van der Waals surface area contributed by atoms with Gasteiger partial charge in [-0.15, -0.1) is 0 Å². The number of nitrogens with one attached hydrogen (secondary N) is 2. The van der Waals surface area contributed by atoms with Gasteiger partial charge in [0.05, 0.1) is 10.6 Å². The van der Waals surface area contributed by atoms with Crippen molar-refractivity contribution in [3.63, 3.8) is 0 Å². The lowest BCUT2D eigenvalue weighted by atomic mass is 10.2. The van der Waals surface area contributed by atoms with Gasteiger partial charge in [0.2, 0.25) is 5.91 Å². The van der Waals surface area contributed by atoms with E-state index >= 15 is 0 Å². The molecule has 0 bridgehead atoms. The second-order valence-electron chi connectivity index (χ2n) is 4.23. The first-order valence-corrected chi connectivity index (χ1v) is 6.81. The predicted molar refractivity (Wildman–Crippen MR) is 79.0 cm³/mol. The first-order chi connectivity index (χ1) is 9.95. The highest BCUT2D eigenvalue weighted by Gasteiger charge is 2.10. The minimum atomic E-state index is -0.466. The fourth-order valence-corrected chi connectivity index (χ4v) is 2.44. The number of hydrogen-bond donors (Lipinski definition) is 2. The average Bonchev–Trinajstić information content (AvgIpc) is 2.88. The van der Waals surface area contributed by atoms with Gasteiger partial charge in [-0.1, -0.05) is 11.3 Å². The van der Waals surface area contributed by atoms with E-state index in [1.165, 1.54) is 31.2 Å². The van der Waals surface area contributed by atoms with Crippen LogP contribution in [0.1, 0.15) is 11.8 Å². The summed E-state index contributed by atoms with van der Waals surface area (Å²) < 4.78 is 13.7. The smallest absolute Gasteiger partial charge is 0.324 e. The normalized spacial score (nSPS) is 10.2. The fraction of sp³-hybridized carbons (Fsp3) is 0.154. The Labute approximate surface area is 123 Å². The summed E-state index contributed by atoms with van der Waals surface area (Å²) in [5.41, 5.74) is 0.695. The molecule has 0 unspecified atom stereocenters. The molecule has 1 aromatic heterocycles. The van der Waals surface area contributed by atoms with Crippen molar-refractivity contribution in [1.29, 1.82) is 0 Å². The summed E-state index contributed by atoms with van der Waals surface area (Å²) in [7, 11) is 0. The van der Waals surface area contributed by atoms with Crippen molar-refractivity contribution in [1.82, 2.24) is 0 Å². The van der Waals surface area contributed by atoms with Crippen LogP contribution >= 0.6 is 11.3 Å². The van der Waals surface area contributed by atoms with Gasteiger partial charge in [0.25, 0.3) is 0 Å². The molecule has 110 valence electrons.